The van der Waals surface area contributed by atoms with E-state index < -0.39 is 6.04 Å². The number of amides is 1. The fourth-order valence-corrected chi connectivity index (χ4v) is 1.10. The molecule has 0 radical (unpaired) electrons. The topological polar surface area (TPSA) is 78.9 Å². The summed E-state index contributed by atoms with van der Waals surface area (Å²) < 4.78 is 0. The van der Waals surface area contributed by atoms with Gasteiger partial charge in [-0.15, -0.1) is 0 Å². The number of carbonyl (C=O) groups excluding carboxylic acids is 1. The number of rotatable bonds is 3. The van der Waals surface area contributed by atoms with Crippen molar-refractivity contribution in [2.24, 2.45) is 5.73 Å². The summed E-state index contributed by atoms with van der Waals surface area (Å²) in [6, 6.07) is 8.30. The van der Waals surface area contributed by atoms with Crippen LogP contribution in [0.1, 0.15) is 18.9 Å². The molecule has 4 heteroatoms. The van der Waals surface area contributed by atoms with E-state index in [0.29, 0.717) is 17.7 Å². The first-order chi connectivity index (χ1) is 7.19. The van der Waals surface area contributed by atoms with Crippen molar-refractivity contribution in [3.8, 4) is 6.07 Å². The summed E-state index contributed by atoms with van der Waals surface area (Å²) in [5.74, 6) is -0.264. The number of nitrogens with one attached hydrogen (secondary N) is 1. The maximum absolute atomic E-state index is 11.5. The van der Waals surface area contributed by atoms with Crippen LogP contribution in [0.5, 0.6) is 0 Å². The Morgan fingerprint density at radius 1 is 1.60 bits per heavy atom. The zero-order valence-electron chi connectivity index (χ0n) is 8.53. The van der Waals surface area contributed by atoms with Gasteiger partial charge in [-0.2, -0.15) is 5.26 Å². The van der Waals surface area contributed by atoms with Crippen molar-refractivity contribution >= 4 is 11.6 Å². The zero-order chi connectivity index (χ0) is 11.3. The van der Waals surface area contributed by atoms with E-state index in [2.05, 4.69) is 5.32 Å². The van der Waals surface area contributed by atoms with E-state index in [-0.39, 0.29) is 5.91 Å². The monoisotopic (exact) mass is 203 g/mol. The summed E-state index contributed by atoms with van der Waals surface area (Å²) in [5, 5.41) is 11.4. The lowest BCUT2D eigenvalue weighted by atomic mass is 10.1. The lowest BCUT2D eigenvalue weighted by Gasteiger charge is -2.10. The summed E-state index contributed by atoms with van der Waals surface area (Å²) in [4.78, 5) is 11.5. The summed E-state index contributed by atoms with van der Waals surface area (Å²) in [6.45, 7) is 1.83. The van der Waals surface area contributed by atoms with Crippen LogP contribution >= 0.6 is 0 Å². The van der Waals surface area contributed by atoms with Gasteiger partial charge < -0.3 is 11.1 Å². The summed E-state index contributed by atoms with van der Waals surface area (Å²) >= 11 is 0. The second-order valence-electron chi connectivity index (χ2n) is 3.16. The highest BCUT2D eigenvalue weighted by molar-refractivity contribution is 5.95. The highest BCUT2D eigenvalue weighted by atomic mass is 16.2. The first-order valence-corrected chi connectivity index (χ1v) is 4.74. The molecule has 0 spiro atoms. The third-order valence-corrected chi connectivity index (χ3v) is 2.08. The number of hydrogen-bond donors (Lipinski definition) is 2. The minimum atomic E-state index is -0.531. The van der Waals surface area contributed by atoms with Crippen LogP contribution < -0.4 is 11.1 Å². The van der Waals surface area contributed by atoms with Crippen LogP contribution in [0.2, 0.25) is 0 Å². The molecule has 1 rings (SSSR count). The van der Waals surface area contributed by atoms with E-state index in [1.807, 2.05) is 13.0 Å². The average molecular weight is 203 g/mol. The first-order valence-electron chi connectivity index (χ1n) is 4.74. The molecule has 0 saturated heterocycles. The van der Waals surface area contributed by atoms with Crippen molar-refractivity contribution in [1.29, 1.82) is 5.26 Å². The molecule has 78 valence electrons. The number of para-hydroxylation sites is 1. The van der Waals surface area contributed by atoms with Crippen molar-refractivity contribution < 1.29 is 4.79 Å². The molecule has 4 nitrogen and oxygen atoms in total. The largest absolute Gasteiger partial charge is 0.324 e. The lowest BCUT2D eigenvalue weighted by Crippen LogP contribution is -2.35. The van der Waals surface area contributed by atoms with Gasteiger partial charge in [0.25, 0.3) is 0 Å². The van der Waals surface area contributed by atoms with Crippen molar-refractivity contribution in [3.05, 3.63) is 29.8 Å². The molecule has 15 heavy (non-hydrogen) atoms. The third-order valence-electron chi connectivity index (χ3n) is 2.08. The highest BCUT2D eigenvalue weighted by Crippen LogP contribution is 2.13. The van der Waals surface area contributed by atoms with Gasteiger partial charge in [0.15, 0.2) is 0 Å². The third kappa shape index (κ3) is 2.79. The Labute approximate surface area is 88.7 Å². The highest BCUT2D eigenvalue weighted by Gasteiger charge is 2.12. The van der Waals surface area contributed by atoms with Crippen LogP contribution in [0.4, 0.5) is 5.69 Å². The molecule has 1 aromatic carbocycles. The number of hydrogen-bond acceptors (Lipinski definition) is 3. The molecular weight excluding hydrogens is 190 g/mol. The quantitative estimate of drug-likeness (QED) is 0.775. The van der Waals surface area contributed by atoms with Gasteiger partial charge in [0.2, 0.25) is 5.91 Å². The molecule has 0 bridgehead atoms. The van der Waals surface area contributed by atoms with Crippen molar-refractivity contribution in [2.75, 3.05) is 5.32 Å². The number of nitrogens with two attached hydrogens (primary N) is 1. The molecule has 1 atom stereocenters. The number of benzene rings is 1. The second kappa shape index (κ2) is 5.13. The van der Waals surface area contributed by atoms with Gasteiger partial charge >= 0.3 is 0 Å². The fourth-order valence-electron chi connectivity index (χ4n) is 1.10. The summed E-state index contributed by atoms with van der Waals surface area (Å²) in [6.07, 6.45) is 0.570. The predicted molar refractivity (Wildman–Crippen MR) is 58.1 cm³/mol. The predicted octanol–water partition coefficient (Wildman–Crippen LogP) is 1.23. The van der Waals surface area contributed by atoms with E-state index in [9.17, 15) is 4.79 Å². The Bertz CT molecular complexity index is 395. The number of carbonyl (C=O) groups is 1. The standard InChI is InChI=1S/C11H13N3O/c1-2-9(13)11(15)14-10-6-4-3-5-8(10)7-12/h3-6,9H,2,13H2,1H3,(H,14,15). The molecule has 0 aliphatic heterocycles. The molecule has 0 aliphatic carbocycles. The van der Waals surface area contributed by atoms with Crippen LogP contribution in [-0.4, -0.2) is 11.9 Å². The molecule has 0 aliphatic rings. The smallest absolute Gasteiger partial charge is 0.241 e. The summed E-state index contributed by atoms with van der Waals surface area (Å²) in [7, 11) is 0. The minimum absolute atomic E-state index is 0.264. The molecule has 0 fully saturated rings. The SMILES string of the molecule is CCC(N)C(=O)Nc1ccccc1C#N. The molecule has 0 saturated carbocycles. The molecular formula is C11H13N3O. The molecule has 1 unspecified atom stereocenters. The Balaban J connectivity index is 2.81. The number of anilines is 1. The number of nitrogens with zero attached hydrogens (tertiary/aromatic N) is 1. The van der Waals surface area contributed by atoms with E-state index in [1.165, 1.54) is 0 Å². The van der Waals surface area contributed by atoms with Crippen molar-refractivity contribution in [3.63, 3.8) is 0 Å². The molecule has 0 aromatic heterocycles. The maximum atomic E-state index is 11.5. The van der Waals surface area contributed by atoms with E-state index in [4.69, 9.17) is 11.0 Å². The molecule has 1 amide bonds. The normalized spacial score (nSPS) is 11.5. The summed E-state index contributed by atoms with van der Waals surface area (Å²) in [5.41, 5.74) is 6.51. The van der Waals surface area contributed by atoms with Gasteiger partial charge in [-0.05, 0) is 18.6 Å². The Morgan fingerprint density at radius 3 is 2.87 bits per heavy atom. The van der Waals surface area contributed by atoms with Gasteiger partial charge in [-0.25, -0.2) is 0 Å². The van der Waals surface area contributed by atoms with Crippen LogP contribution in [-0.2, 0) is 4.79 Å². The van der Waals surface area contributed by atoms with E-state index >= 15 is 0 Å². The van der Waals surface area contributed by atoms with Gasteiger partial charge in [0.1, 0.15) is 6.07 Å². The van der Waals surface area contributed by atoms with Gasteiger partial charge in [0, 0.05) is 0 Å². The zero-order valence-corrected chi connectivity index (χ0v) is 8.53. The van der Waals surface area contributed by atoms with Crippen LogP contribution in [0.3, 0.4) is 0 Å². The van der Waals surface area contributed by atoms with Crippen LogP contribution in [0, 0.1) is 11.3 Å². The first kappa shape index (κ1) is 11.2. The van der Waals surface area contributed by atoms with E-state index in [0.717, 1.165) is 0 Å². The fraction of sp³-hybridized carbons (Fsp3) is 0.273. The van der Waals surface area contributed by atoms with Crippen LogP contribution in [0.15, 0.2) is 24.3 Å². The second-order valence-corrected chi connectivity index (χ2v) is 3.16. The van der Waals surface area contributed by atoms with Crippen molar-refractivity contribution in [2.45, 2.75) is 19.4 Å². The minimum Gasteiger partial charge on any atom is -0.324 e. The Morgan fingerprint density at radius 2 is 2.27 bits per heavy atom. The van der Waals surface area contributed by atoms with Gasteiger partial charge in [0.05, 0.1) is 17.3 Å². The average Bonchev–Trinajstić information content (AvgIpc) is 2.28. The van der Waals surface area contributed by atoms with Crippen LogP contribution in [0.25, 0.3) is 0 Å². The number of nitriles is 1. The van der Waals surface area contributed by atoms with Gasteiger partial charge in [-0.3, -0.25) is 4.79 Å². The van der Waals surface area contributed by atoms with E-state index in [1.54, 1.807) is 24.3 Å². The van der Waals surface area contributed by atoms with Gasteiger partial charge in [-0.1, -0.05) is 19.1 Å². The maximum Gasteiger partial charge on any atom is 0.241 e. The molecule has 1 aromatic rings. The Hall–Kier alpha value is -1.86. The van der Waals surface area contributed by atoms with Crippen molar-refractivity contribution in [1.82, 2.24) is 0 Å². The Kier molecular flexibility index (Phi) is 3.83. The molecule has 3 N–H and O–H groups in total. The lowest BCUT2D eigenvalue weighted by molar-refractivity contribution is -0.117. The molecule has 0 heterocycles.